The Morgan fingerprint density at radius 3 is 2.41 bits per heavy atom. The van der Waals surface area contributed by atoms with Gasteiger partial charge in [-0.25, -0.2) is 4.79 Å². The third-order valence-corrected chi connectivity index (χ3v) is 4.08. The maximum Gasteiger partial charge on any atom is 0.329 e. The number of amides is 1. The van der Waals surface area contributed by atoms with E-state index >= 15 is 0 Å². The predicted molar refractivity (Wildman–Crippen MR) is 96.9 cm³/mol. The van der Waals surface area contributed by atoms with E-state index in [2.05, 4.69) is 10.4 Å². The van der Waals surface area contributed by atoms with Crippen molar-refractivity contribution in [2.45, 2.75) is 33.4 Å². The smallest absolute Gasteiger partial charge is 0.329 e. The molecule has 2 aromatic rings. The van der Waals surface area contributed by atoms with Gasteiger partial charge in [-0.3, -0.25) is 19.6 Å². The van der Waals surface area contributed by atoms with E-state index in [1.165, 1.54) is 24.3 Å². The van der Waals surface area contributed by atoms with Gasteiger partial charge in [-0.15, -0.1) is 0 Å². The Labute approximate surface area is 156 Å². The van der Waals surface area contributed by atoms with Gasteiger partial charge in [-0.1, -0.05) is 13.8 Å². The molecule has 0 aliphatic carbocycles. The number of aromatic nitrogens is 2. The zero-order chi connectivity index (χ0) is 20.1. The number of nitrogens with zero attached hydrogens (tertiary/aromatic N) is 3. The Morgan fingerprint density at radius 1 is 1.30 bits per heavy atom. The minimum absolute atomic E-state index is 0.0388. The van der Waals surface area contributed by atoms with Gasteiger partial charge in [0.05, 0.1) is 4.92 Å². The van der Waals surface area contributed by atoms with Gasteiger partial charge in [0.2, 0.25) is 0 Å². The molecule has 0 saturated heterocycles. The van der Waals surface area contributed by atoms with Gasteiger partial charge >= 0.3 is 5.97 Å². The molecule has 0 fully saturated rings. The number of ether oxygens (including phenoxy) is 1. The Bertz CT molecular complexity index is 822. The van der Waals surface area contributed by atoms with Gasteiger partial charge in [0.15, 0.2) is 0 Å². The van der Waals surface area contributed by atoms with Crippen LogP contribution in [-0.2, 0) is 23.2 Å². The lowest BCUT2D eigenvalue weighted by Crippen LogP contribution is -2.45. The normalized spacial score (nSPS) is 11.9. The molecular formula is C18H22N4O5. The zero-order valence-electron chi connectivity index (χ0n) is 15.6. The standard InChI is InChI=1S/C18H22N4O5/c1-11(2)16(19-17(23)15-9-12(3)21(4)20-15)18(24)27-10-13-5-7-14(8-6-13)22(25)26/h5-9,11,16H,10H2,1-4H3,(H,19,23). The van der Waals surface area contributed by atoms with Crippen LogP contribution in [0.3, 0.4) is 0 Å². The highest BCUT2D eigenvalue weighted by atomic mass is 16.6. The fourth-order valence-corrected chi connectivity index (χ4v) is 2.34. The van der Waals surface area contributed by atoms with Crippen molar-refractivity contribution in [3.63, 3.8) is 0 Å². The molecule has 0 bridgehead atoms. The van der Waals surface area contributed by atoms with Gasteiger partial charge in [-0.05, 0) is 36.6 Å². The topological polar surface area (TPSA) is 116 Å². The number of hydrogen-bond donors (Lipinski definition) is 1. The van der Waals surface area contributed by atoms with Crippen LogP contribution in [0.5, 0.6) is 0 Å². The fourth-order valence-electron chi connectivity index (χ4n) is 2.34. The molecule has 0 aliphatic heterocycles. The fraction of sp³-hybridized carbons (Fsp3) is 0.389. The average molecular weight is 374 g/mol. The van der Waals surface area contributed by atoms with Crippen LogP contribution in [0.25, 0.3) is 0 Å². The first kappa shape index (κ1) is 20.1. The van der Waals surface area contributed by atoms with Gasteiger partial charge in [-0.2, -0.15) is 5.10 Å². The van der Waals surface area contributed by atoms with Crippen LogP contribution < -0.4 is 5.32 Å². The Balaban J connectivity index is 1.99. The Kier molecular flexibility index (Phi) is 6.27. The second-order valence-corrected chi connectivity index (χ2v) is 6.52. The van der Waals surface area contributed by atoms with Crippen molar-refractivity contribution in [2.75, 3.05) is 0 Å². The first-order valence-electron chi connectivity index (χ1n) is 8.40. The van der Waals surface area contributed by atoms with Gasteiger partial charge in [0, 0.05) is 24.9 Å². The molecular weight excluding hydrogens is 352 g/mol. The summed E-state index contributed by atoms with van der Waals surface area (Å²) >= 11 is 0. The maximum atomic E-state index is 12.4. The van der Waals surface area contributed by atoms with Crippen molar-refractivity contribution in [3.05, 3.63) is 57.4 Å². The number of benzene rings is 1. The lowest BCUT2D eigenvalue weighted by Gasteiger charge is -2.20. The first-order chi connectivity index (χ1) is 12.7. The third-order valence-electron chi connectivity index (χ3n) is 4.08. The molecule has 1 aromatic carbocycles. The summed E-state index contributed by atoms with van der Waals surface area (Å²) < 4.78 is 6.84. The number of esters is 1. The highest BCUT2D eigenvalue weighted by Gasteiger charge is 2.27. The average Bonchev–Trinajstić information content (AvgIpc) is 2.96. The molecule has 2 rings (SSSR count). The molecule has 0 spiro atoms. The summed E-state index contributed by atoms with van der Waals surface area (Å²) in [7, 11) is 1.73. The largest absolute Gasteiger partial charge is 0.459 e. The predicted octanol–water partition coefficient (Wildman–Crippen LogP) is 2.13. The van der Waals surface area contributed by atoms with E-state index in [1.54, 1.807) is 31.6 Å². The van der Waals surface area contributed by atoms with E-state index in [4.69, 9.17) is 4.74 Å². The third kappa shape index (κ3) is 5.13. The Hall–Kier alpha value is -3.23. The van der Waals surface area contributed by atoms with Crippen molar-refractivity contribution in [2.24, 2.45) is 13.0 Å². The van der Waals surface area contributed by atoms with Crippen LogP contribution in [-0.4, -0.2) is 32.6 Å². The van der Waals surface area contributed by atoms with Gasteiger partial charge in [0.1, 0.15) is 18.3 Å². The number of aryl methyl sites for hydroxylation is 2. The van der Waals surface area contributed by atoms with Crippen LogP contribution in [0, 0.1) is 23.0 Å². The zero-order valence-corrected chi connectivity index (χ0v) is 15.6. The van der Waals surface area contributed by atoms with E-state index < -0.39 is 22.8 Å². The molecule has 0 radical (unpaired) electrons. The van der Waals surface area contributed by atoms with Crippen LogP contribution in [0.2, 0.25) is 0 Å². The maximum absolute atomic E-state index is 12.4. The number of carbonyl (C=O) groups excluding carboxylic acids is 2. The molecule has 144 valence electrons. The molecule has 9 nitrogen and oxygen atoms in total. The van der Waals surface area contributed by atoms with Crippen molar-refractivity contribution in [3.8, 4) is 0 Å². The highest BCUT2D eigenvalue weighted by Crippen LogP contribution is 2.14. The summed E-state index contributed by atoms with van der Waals surface area (Å²) in [5.41, 5.74) is 1.62. The molecule has 27 heavy (non-hydrogen) atoms. The SMILES string of the molecule is Cc1cc(C(=O)NC(C(=O)OCc2ccc([N+](=O)[O-])cc2)C(C)C)nn1C. The number of nitrogens with one attached hydrogen (secondary N) is 1. The van der Waals surface area contributed by atoms with Crippen molar-refractivity contribution >= 4 is 17.6 Å². The quantitative estimate of drug-likeness (QED) is 0.451. The minimum atomic E-state index is -0.835. The summed E-state index contributed by atoms with van der Waals surface area (Å²) in [4.78, 5) is 34.9. The van der Waals surface area contributed by atoms with Crippen LogP contribution >= 0.6 is 0 Å². The second-order valence-electron chi connectivity index (χ2n) is 6.52. The molecule has 1 N–H and O–H groups in total. The first-order valence-corrected chi connectivity index (χ1v) is 8.40. The van der Waals surface area contributed by atoms with Crippen LogP contribution in [0.1, 0.15) is 35.6 Å². The van der Waals surface area contributed by atoms with Crippen LogP contribution in [0.4, 0.5) is 5.69 Å². The number of non-ortho nitro benzene ring substituents is 1. The number of hydrogen-bond acceptors (Lipinski definition) is 6. The van der Waals surface area contributed by atoms with E-state index in [9.17, 15) is 19.7 Å². The van der Waals surface area contributed by atoms with E-state index in [0.717, 1.165) is 5.69 Å². The van der Waals surface area contributed by atoms with E-state index in [1.807, 2.05) is 6.92 Å². The van der Waals surface area contributed by atoms with E-state index in [-0.39, 0.29) is 23.9 Å². The van der Waals surface area contributed by atoms with Crippen molar-refractivity contribution < 1.29 is 19.2 Å². The molecule has 1 atom stereocenters. The van der Waals surface area contributed by atoms with Crippen LogP contribution in [0.15, 0.2) is 30.3 Å². The highest BCUT2D eigenvalue weighted by molar-refractivity contribution is 5.95. The molecule has 1 unspecified atom stereocenters. The lowest BCUT2D eigenvalue weighted by molar-refractivity contribution is -0.384. The molecule has 9 heteroatoms. The molecule has 0 aliphatic rings. The lowest BCUT2D eigenvalue weighted by atomic mass is 10.0. The van der Waals surface area contributed by atoms with Gasteiger partial charge < -0.3 is 10.1 Å². The monoisotopic (exact) mass is 374 g/mol. The van der Waals surface area contributed by atoms with E-state index in [0.29, 0.717) is 5.56 Å². The summed E-state index contributed by atoms with van der Waals surface area (Å²) in [5, 5.41) is 17.4. The number of nitro groups is 1. The summed E-state index contributed by atoms with van der Waals surface area (Å²) in [6.45, 7) is 5.37. The molecule has 1 aromatic heterocycles. The summed E-state index contributed by atoms with van der Waals surface area (Å²) in [6, 6.07) is 6.52. The number of carbonyl (C=O) groups is 2. The van der Waals surface area contributed by atoms with Crippen molar-refractivity contribution in [1.82, 2.24) is 15.1 Å². The minimum Gasteiger partial charge on any atom is -0.459 e. The van der Waals surface area contributed by atoms with Crippen molar-refractivity contribution in [1.29, 1.82) is 0 Å². The summed E-state index contributed by atoms with van der Waals surface area (Å²) in [6.07, 6.45) is 0. The summed E-state index contributed by atoms with van der Waals surface area (Å²) in [5.74, 6) is -1.22. The Morgan fingerprint density at radius 2 is 1.93 bits per heavy atom. The number of nitro benzene ring substituents is 1. The molecule has 1 heterocycles. The second kappa shape index (κ2) is 8.43. The number of rotatable bonds is 7. The van der Waals surface area contributed by atoms with Gasteiger partial charge in [0.25, 0.3) is 11.6 Å². The molecule has 1 amide bonds. The molecule has 0 saturated carbocycles.